The van der Waals surface area contributed by atoms with Crippen LogP contribution in [-0.2, 0) is 11.3 Å². The van der Waals surface area contributed by atoms with Crippen LogP contribution >= 0.6 is 0 Å². The summed E-state index contributed by atoms with van der Waals surface area (Å²) in [6.45, 7) is 3.70. The summed E-state index contributed by atoms with van der Waals surface area (Å²) in [7, 11) is 7.64. The number of nitrogens with one attached hydrogen (secondary N) is 1. The van der Waals surface area contributed by atoms with Crippen molar-refractivity contribution in [3.8, 4) is 11.5 Å². The predicted molar refractivity (Wildman–Crippen MR) is 106 cm³/mol. The van der Waals surface area contributed by atoms with Crippen LogP contribution in [0, 0.1) is 11.8 Å². The van der Waals surface area contributed by atoms with Gasteiger partial charge in [0.1, 0.15) is 11.5 Å². The smallest absolute Gasteiger partial charge is 0.223 e. The molecule has 27 heavy (non-hydrogen) atoms. The van der Waals surface area contributed by atoms with Crippen molar-refractivity contribution in [2.75, 3.05) is 47.9 Å². The van der Waals surface area contributed by atoms with Gasteiger partial charge in [0.2, 0.25) is 5.91 Å². The second-order valence-corrected chi connectivity index (χ2v) is 8.06. The molecule has 1 saturated carbocycles. The van der Waals surface area contributed by atoms with Gasteiger partial charge >= 0.3 is 0 Å². The molecule has 1 aromatic rings. The zero-order chi connectivity index (χ0) is 19.4. The SMILES string of the molecule is COc1cc(CN2CC[C@H](CNC(=O)C3CC3)[C@H](N(C)C)C2)cc(OC)c1. The maximum Gasteiger partial charge on any atom is 0.223 e. The lowest BCUT2D eigenvalue weighted by Gasteiger charge is -2.42. The van der Waals surface area contributed by atoms with Gasteiger partial charge in [-0.2, -0.15) is 0 Å². The molecule has 6 heteroatoms. The third kappa shape index (κ3) is 5.36. The van der Waals surface area contributed by atoms with Crippen LogP contribution in [0.2, 0.25) is 0 Å². The molecule has 1 amide bonds. The van der Waals surface area contributed by atoms with E-state index >= 15 is 0 Å². The number of hydrogen-bond donors (Lipinski definition) is 1. The molecule has 0 aromatic heterocycles. The van der Waals surface area contributed by atoms with Gasteiger partial charge in [-0.15, -0.1) is 0 Å². The van der Waals surface area contributed by atoms with Crippen LogP contribution in [0.4, 0.5) is 0 Å². The van der Waals surface area contributed by atoms with E-state index in [1.165, 1.54) is 5.56 Å². The molecule has 1 saturated heterocycles. The number of piperidine rings is 1. The van der Waals surface area contributed by atoms with Crippen molar-refractivity contribution in [3.63, 3.8) is 0 Å². The number of hydrogen-bond acceptors (Lipinski definition) is 5. The van der Waals surface area contributed by atoms with Gasteiger partial charge in [0.15, 0.2) is 0 Å². The van der Waals surface area contributed by atoms with E-state index in [4.69, 9.17) is 9.47 Å². The zero-order valence-corrected chi connectivity index (χ0v) is 17.0. The number of carbonyl (C=O) groups is 1. The Hall–Kier alpha value is -1.79. The van der Waals surface area contributed by atoms with E-state index in [1.807, 2.05) is 6.07 Å². The van der Waals surface area contributed by atoms with Gasteiger partial charge < -0.3 is 19.7 Å². The Labute approximate surface area is 162 Å². The van der Waals surface area contributed by atoms with E-state index in [1.54, 1.807) is 14.2 Å². The Bertz CT molecular complexity index is 623. The highest BCUT2D eigenvalue weighted by Crippen LogP contribution is 2.29. The molecule has 3 rings (SSSR count). The van der Waals surface area contributed by atoms with Crippen molar-refractivity contribution in [2.45, 2.75) is 31.8 Å². The Morgan fingerprint density at radius 1 is 1.15 bits per heavy atom. The quantitative estimate of drug-likeness (QED) is 0.753. The van der Waals surface area contributed by atoms with Gasteiger partial charge in [0.05, 0.1) is 14.2 Å². The normalized spacial score (nSPS) is 23.3. The number of likely N-dealkylation sites (N-methyl/N-ethyl adjacent to an activating group) is 1. The van der Waals surface area contributed by atoms with E-state index < -0.39 is 0 Å². The third-order valence-corrected chi connectivity index (χ3v) is 5.77. The van der Waals surface area contributed by atoms with Crippen molar-refractivity contribution in [1.29, 1.82) is 0 Å². The largest absolute Gasteiger partial charge is 0.497 e. The highest BCUT2D eigenvalue weighted by Gasteiger charge is 2.33. The molecule has 150 valence electrons. The fraction of sp³-hybridized carbons (Fsp3) is 0.667. The third-order valence-electron chi connectivity index (χ3n) is 5.77. The van der Waals surface area contributed by atoms with Crippen molar-refractivity contribution in [1.82, 2.24) is 15.1 Å². The number of carbonyl (C=O) groups excluding carboxylic acids is 1. The van der Waals surface area contributed by atoms with Crippen LogP contribution in [0.25, 0.3) is 0 Å². The number of amides is 1. The lowest BCUT2D eigenvalue weighted by atomic mass is 9.90. The van der Waals surface area contributed by atoms with Crippen molar-refractivity contribution in [2.24, 2.45) is 11.8 Å². The van der Waals surface area contributed by atoms with Crippen LogP contribution < -0.4 is 14.8 Å². The average molecular weight is 376 g/mol. The highest BCUT2D eigenvalue weighted by atomic mass is 16.5. The number of methoxy groups -OCH3 is 2. The summed E-state index contributed by atoms with van der Waals surface area (Å²) in [4.78, 5) is 16.8. The van der Waals surface area contributed by atoms with Gasteiger partial charge in [0, 0.05) is 37.7 Å². The van der Waals surface area contributed by atoms with E-state index in [-0.39, 0.29) is 11.8 Å². The minimum Gasteiger partial charge on any atom is -0.497 e. The Kier molecular flexibility index (Phi) is 6.60. The summed E-state index contributed by atoms with van der Waals surface area (Å²) in [6, 6.07) is 6.50. The van der Waals surface area contributed by atoms with E-state index in [9.17, 15) is 4.79 Å². The summed E-state index contributed by atoms with van der Waals surface area (Å²) in [5, 5.41) is 3.18. The molecule has 1 N–H and O–H groups in total. The van der Waals surface area contributed by atoms with Gasteiger partial charge in [-0.25, -0.2) is 0 Å². The first-order valence-corrected chi connectivity index (χ1v) is 9.88. The maximum absolute atomic E-state index is 12.0. The molecule has 0 radical (unpaired) electrons. The number of rotatable bonds is 8. The van der Waals surface area contributed by atoms with Crippen LogP contribution in [0.15, 0.2) is 18.2 Å². The van der Waals surface area contributed by atoms with Gasteiger partial charge in [-0.1, -0.05) is 0 Å². The average Bonchev–Trinajstić information content (AvgIpc) is 3.51. The van der Waals surface area contributed by atoms with E-state index in [0.717, 1.165) is 56.9 Å². The molecule has 6 nitrogen and oxygen atoms in total. The predicted octanol–water partition coefficient (Wildman–Crippen LogP) is 1.98. The minimum absolute atomic E-state index is 0.249. The second-order valence-electron chi connectivity index (χ2n) is 8.06. The Balaban J connectivity index is 1.59. The Morgan fingerprint density at radius 2 is 1.81 bits per heavy atom. The number of benzene rings is 1. The van der Waals surface area contributed by atoms with Crippen LogP contribution in [0.5, 0.6) is 11.5 Å². The molecule has 1 heterocycles. The van der Waals surface area contributed by atoms with Crippen LogP contribution in [-0.4, -0.2) is 69.7 Å². The van der Waals surface area contributed by atoms with Gasteiger partial charge in [0.25, 0.3) is 0 Å². The molecule has 2 fully saturated rings. The second kappa shape index (κ2) is 8.93. The summed E-state index contributed by atoms with van der Waals surface area (Å²) in [6.07, 6.45) is 3.21. The molecular formula is C21H33N3O3. The first kappa shape index (κ1) is 20.0. The van der Waals surface area contributed by atoms with Crippen molar-refractivity contribution >= 4 is 5.91 Å². The fourth-order valence-electron chi connectivity index (χ4n) is 3.95. The van der Waals surface area contributed by atoms with Gasteiger partial charge in [-0.3, -0.25) is 9.69 Å². The Morgan fingerprint density at radius 3 is 2.37 bits per heavy atom. The molecule has 2 atom stereocenters. The summed E-state index contributed by atoms with van der Waals surface area (Å²) < 4.78 is 10.8. The zero-order valence-electron chi connectivity index (χ0n) is 17.0. The lowest BCUT2D eigenvalue weighted by Crippen LogP contribution is -2.53. The summed E-state index contributed by atoms with van der Waals surface area (Å²) >= 11 is 0. The molecule has 2 aliphatic rings. The van der Waals surface area contributed by atoms with Crippen LogP contribution in [0.1, 0.15) is 24.8 Å². The minimum atomic E-state index is 0.249. The molecule has 1 aromatic carbocycles. The first-order chi connectivity index (χ1) is 13.0. The molecule has 1 aliphatic carbocycles. The monoisotopic (exact) mass is 375 g/mol. The summed E-state index contributed by atoms with van der Waals surface area (Å²) in [5.41, 5.74) is 1.20. The van der Waals surface area contributed by atoms with Crippen LogP contribution in [0.3, 0.4) is 0 Å². The lowest BCUT2D eigenvalue weighted by molar-refractivity contribution is -0.122. The fourth-order valence-corrected chi connectivity index (χ4v) is 3.95. The first-order valence-electron chi connectivity index (χ1n) is 9.88. The highest BCUT2D eigenvalue weighted by molar-refractivity contribution is 5.80. The standard InChI is InChI=1S/C21H33N3O3/c1-23(2)20-14-24(8-7-17(20)12-22-21(25)16-5-6-16)13-15-9-18(26-3)11-19(10-15)27-4/h9-11,16-17,20H,5-8,12-14H2,1-4H3,(H,22,25)/t17-,20-/m1/s1. The number of ether oxygens (including phenoxy) is 2. The molecule has 0 spiro atoms. The van der Waals surface area contributed by atoms with E-state index in [2.05, 4.69) is 41.3 Å². The number of likely N-dealkylation sites (tertiary alicyclic amines) is 1. The summed E-state index contributed by atoms with van der Waals surface area (Å²) in [5.74, 6) is 2.68. The molecular weight excluding hydrogens is 342 g/mol. The molecule has 0 unspecified atom stereocenters. The van der Waals surface area contributed by atoms with Crippen molar-refractivity contribution < 1.29 is 14.3 Å². The maximum atomic E-state index is 12.0. The molecule has 1 aliphatic heterocycles. The van der Waals surface area contributed by atoms with Gasteiger partial charge in [-0.05, 0) is 63.5 Å². The van der Waals surface area contributed by atoms with Crippen molar-refractivity contribution in [3.05, 3.63) is 23.8 Å². The number of nitrogens with zero attached hydrogens (tertiary/aromatic N) is 2. The topological polar surface area (TPSA) is 54.0 Å². The van der Waals surface area contributed by atoms with E-state index in [0.29, 0.717) is 12.0 Å². The molecule has 0 bridgehead atoms.